The van der Waals surface area contributed by atoms with Crippen molar-refractivity contribution in [1.82, 2.24) is 15.3 Å². The second-order valence-electron chi connectivity index (χ2n) is 7.16. The quantitative estimate of drug-likeness (QED) is 0.669. The Morgan fingerprint density at radius 3 is 2.80 bits per heavy atom. The summed E-state index contributed by atoms with van der Waals surface area (Å²) in [6, 6.07) is 6.32. The number of nitrogens with one attached hydrogen (secondary N) is 1. The standard InChI is InChI=1S/C21H18F2N4O3/c22-16-3-1-13(7-17(16)23)20(28)25-8-12-5-6-27(10-12)18-4-2-14(21(29)30)19-15(18)9-24-11-26-19/h1-4,7,9,11-12H,5-6,8,10H2,(H,25,28)(H,29,30)/t12-/m1/s1. The van der Waals surface area contributed by atoms with Gasteiger partial charge in [-0.05, 0) is 42.7 Å². The smallest absolute Gasteiger partial charge is 0.337 e. The normalized spacial score (nSPS) is 16.1. The molecule has 2 N–H and O–H groups in total. The number of benzene rings is 2. The van der Waals surface area contributed by atoms with Gasteiger partial charge in [-0.3, -0.25) is 4.79 Å². The molecule has 1 saturated heterocycles. The first-order valence-electron chi connectivity index (χ1n) is 9.38. The lowest BCUT2D eigenvalue weighted by Crippen LogP contribution is -2.31. The van der Waals surface area contributed by atoms with Crippen molar-refractivity contribution in [2.75, 3.05) is 24.5 Å². The van der Waals surface area contributed by atoms with Crippen molar-refractivity contribution in [3.8, 4) is 0 Å². The summed E-state index contributed by atoms with van der Waals surface area (Å²) in [7, 11) is 0. The Morgan fingerprint density at radius 2 is 2.03 bits per heavy atom. The van der Waals surface area contributed by atoms with Gasteiger partial charge in [0.2, 0.25) is 0 Å². The zero-order valence-corrected chi connectivity index (χ0v) is 15.8. The number of carbonyl (C=O) groups is 2. The first kappa shape index (κ1) is 19.7. The van der Waals surface area contributed by atoms with Gasteiger partial charge < -0.3 is 15.3 Å². The van der Waals surface area contributed by atoms with Crippen LogP contribution in [0.4, 0.5) is 14.5 Å². The van der Waals surface area contributed by atoms with E-state index in [4.69, 9.17) is 0 Å². The van der Waals surface area contributed by atoms with Crippen molar-refractivity contribution >= 4 is 28.5 Å². The predicted molar refractivity (Wildman–Crippen MR) is 106 cm³/mol. The highest BCUT2D eigenvalue weighted by atomic mass is 19.2. The second-order valence-corrected chi connectivity index (χ2v) is 7.16. The monoisotopic (exact) mass is 412 g/mol. The van der Waals surface area contributed by atoms with Crippen LogP contribution in [0, 0.1) is 17.6 Å². The molecule has 1 aliphatic rings. The lowest BCUT2D eigenvalue weighted by Gasteiger charge is -2.21. The number of aromatic nitrogens is 2. The second kappa shape index (κ2) is 8.02. The predicted octanol–water partition coefficient (Wildman–Crippen LogP) is 2.86. The van der Waals surface area contributed by atoms with Crippen molar-refractivity contribution in [2.45, 2.75) is 6.42 Å². The summed E-state index contributed by atoms with van der Waals surface area (Å²) >= 11 is 0. The molecule has 9 heteroatoms. The largest absolute Gasteiger partial charge is 0.478 e. The van der Waals surface area contributed by atoms with E-state index in [0.29, 0.717) is 24.0 Å². The summed E-state index contributed by atoms with van der Waals surface area (Å²) in [4.78, 5) is 33.9. The van der Waals surface area contributed by atoms with E-state index in [1.807, 2.05) is 0 Å². The molecule has 0 aliphatic carbocycles. The Hall–Kier alpha value is -3.62. The third kappa shape index (κ3) is 3.78. The molecule has 0 bridgehead atoms. The van der Waals surface area contributed by atoms with E-state index in [1.54, 1.807) is 12.3 Å². The highest BCUT2D eigenvalue weighted by molar-refractivity contribution is 6.05. The third-order valence-corrected chi connectivity index (χ3v) is 5.24. The molecule has 4 rings (SSSR count). The molecule has 3 aromatic rings. The molecule has 0 unspecified atom stereocenters. The van der Waals surface area contributed by atoms with E-state index < -0.39 is 23.5 Å². The van der Waals surface area contributed by atoms with Gasteiger partial charge in [0.1, 0.15) is 6.33 Å². The maximum atomic E-state index is 13.3. The van der Waals surface area contributed by atoms with Crippen LogP contribution in [-0.2, 0) is 0 Å². The summed E-state index contributed by atoms with van der Waals surface area (Å²) in [6.07, 6.45) is 3.73. The van der Waals surface area contributed by atoms with E-state index in [0.717, 1.165) is 30.8 Å². The maximum Gasteiger partial charge on any atom is 0.337 e. The summed E-state index contributed by atoms with van der Waals surface area (Å²) < 4.78 is 26.3. The highest BCUT2D eigenvalue weighted by Crippen LogP contribution is 2.31. The highest BCUT2D eigenvalue weighted by Gasteiger charge is 2.25. The number of anilines is 1. The SMILES string of the molecule is O=C(NC[C@H]1CCN(c2ccc(C(=O)O)c3ncncc23)C1)c1ccc(F)c(F)c1. The Bertz CT molecular complexity index is 1140. The molecule has 2 heterocycles. The number of amides is 1. The Labute approximate surface area is 170 Å². The van der Waals surface area contributed by atoms with Gasteiger partial charge in [0.25, 0.3) is 5.91 Å². The summed E-state index contributed by atoms with van der Waals surface area (Å²) in [5.74, 6) is -3.42. The molecule has 1 aliphatic heterocycles. The number of rotatable bonds is 5. The fourth-order valence-corrected chi connectivity index (χ4v) is 3.71. The van der Waals surface area contributed by atoms with Crippen LogP contribution >= 0.6 is 0 Å². The van der Waals surface area contributed by atoms with Crippen LogP contribution in [0.25, 0.3) is 10.9 Å². The summed E-state index contributed by atoms with van der Waals surface area (Å²) in [6.45, 7) is 1.76. The van der Waals surface area contributed by atoms with Crippen molar-refractivity contribution in [3.63, 3.8) is 0 Å². The summed E-state index contributed by atoms with van der Waals surface area (Å²) in [5, 5.41) is 12.8. The molecular weight excluding hydrogens is 394 g/mol. The number of halogens is 2. The van der Waals surface area contributed by atoms with Crippen LogP contribution in [0.15, 0.2) is 42.9 Å². The van der Waals surface area contributed by atoms with E-state index in [9.17, 15) is 23.5 Å². The molecule has 1 atom stereocenters. The van der Waals surface area contributed by atoms with Gasteiger partial charge in [-0.25, -0.2) is 23.5 Å². The third-order valence-electron chi connectivity index (χ3n) is 5.24. The van der Waals surface area contributed by atoms with Gasteiger partial charge >= 0.3 is 5.97 Å². The molecular formula is C21H18F2N4O3. The van der Waals surface area contributed by atoms with Gasteiger partial charge in [-0.2, -0.15) is 0 Å². The number of nitrogens with zero attached hydrogens (tertiary/aromatic N) is 3. The first-order chi connectivity index (χ1) is 14.4. The van der Waals surface area contributed by atoms with Crippen molar-refractivity contribution in [1.29, 1.82) is 0 Å². The van der Waals surface area contributed by atoms with Crippen molar-refractivity contribution in [3.05, 3.63) is 65.6 Å². The van der Waals surface area contributed by atoms with Gasteiger partial charge in [-0.15, -0.1) is 0 Å². The van der Waals surface area contributed by atoms with Crippen LogP contribution in [0.3, 0.4) is 0 Å². The fourth-order valence-electron chi connectivity index (χ4n) is 3.71. The number of carboxylic acid groups (broad SMARTS) is 1. The molecule has 0 spiro atoms. The molecule has 2 aromatic carbocycles. The number of carboxylic acids is 1. The molecule has 30 heavy (non-hydrogen) atoms. The van der Waals surface area contributed by atoms with Crippen LogP contribution in [0.1, 0.15) is 27.1 Å². The molecule has 0 saturated carbocycles. The zero-order valence-electron chi connectivity index (χ0n) is 15.8. The van der Waals surface area contributed by atoms with Crippen LogP contribution in [0.2, 0.25) is 0 Å². The topological polar surface area (TPSA) is 95.4 Å². The summed E-state index contributed by atoms with van der Waals surface area (Å²) in [5.41, 5.74) is 1.40. The Kier molecular flexibility index (Phi) is 5.26. The van der Waals surface area contributed by atoms with Gasteiger partial charge in [-0.1, -0.05) is 0 Å². The van der Waals surface area contributed by atoms with Crippen LogP contribution < -0.4 is 10.2 Å². The lowest BCUT2D eigenvalue weighted by atomic mass is 10.1. The lowest BCUT2D eigenvalue weighted by molar-refractivity contribution is 0.0698. The van der Waals surface area contributed by atoms with Gasteiger partial charge in [0, 0.05) is 42.5 Å². The molecule has 1 aromatic heterocycles. The Morgan fingerprint density at radius 1 is 1.20 bits per heavy atom. The number of carbonyl (C=O) groups excluding carboxylic acids is 1. The fraction of sp³-hybridized carbons (Fsp3) is 0.238. The Balaban J connectivity index is 1.45. The maximum absolute atomic E-state index is 13.3. The van der Waals surface area contributed by atoms with Crippen LogP contribution in [-0.4, -0.2) is 46.6 Å². The number of hydrogen-bond acceptors (Lipinski definition) is 5. The van der Waals surface area contributed by atoms with E-state index >= 15 is 0 Å². The van der Waals surface area contributed by atoms with E-state index in [1.165, 1.54) is 18.5 Å². The zero-order chi connectivity index (χ0) is 21.3. The van der Waals surface area contributed by atoms with Crippen molar-refractivity contribution in [2.24, 2.45) is 5.92 Å². The first-order valence-corrected chi connectivity index (χ1v) is 9.38. The molecule has 7 nitrogen and oxygen atoms in total. The molecule has 1 amide bonds. The number of aromatic carboxylic acids is 1. The number of hydrogen-bond donors (Lipinski definition) is 2. The minimum atomic E-state index is -1.06. The average Bonchev–Trinajstić information content (AvgIpc) is 3.21. The molecule has 154 valence electrons. The molecule has 1 fully saturated rings. The van der Waals surface area contributed by atoms with Crippen LogP contribution in [0.5, 0.6) is 0 Å². The minimum Gasteiger partial charge on any atom is -0.478 e. The van der Waals surface area contributed by atoms with Gasteiger partial charge in [0.15, 0.2) is 11.6 Å². The van der Waals surface area contributed by atoms with E-state index in [2.05, 4.69) is 20.2 Å². The molecule has 0 radical (unpaired) electrons. The minimum absolute atomic E-state index is 0.0659. The van der Waals surface area contributed by atoms with Crippen molar-refractivity contribution < 1.29 is 23.5 Å². The van der Waals surface area contributed by atoms with Gasteiger partial charge in [0.05, 0.1) is 11.1 Å². The van der Waals surface area contributed by atoms with E-state index in [-0.39, 0.29) is 17.0 Å². The average molecular weight is 412 g/mol. The number of fused-ring (bicyclic) bond motifs is 1.